The molecule has 2 heterocycles. The van der Waals surface area contributed by atoms with Gasteiger partial charge in [0, 0.05) is 52.4 Å². The first-order valence-electron chi connectivity index (χ1n) is 14.0. The van der Waals surface area contributed by atoms with Crippen LogP contribution >= 0.6 is 23.2 Å². The van der Waals surface area contributed by atoms with Crippen molar-refractivity contribution in [2.45, 2.75) is 6.04 Å². The van der Waals surface area contributed by atoms with Crippen molar-refractivity contribution in [2.24, 2.45) is 0 Å². The summed E-state index contributed by atoms with van der Waals surface area (Å²) >= 11 is 12.4. The summed E-state index contributed by atoms with van der Waals surface area (Å²) in [6, 6.07) is 18.5. The molecule has 2 aliphatic heterocycles. The minimum atomic E-state index is -0.333. The number of likely N-dealkylation sites (N-methyl/N-ethyl adjacent to an activating group) is 1. The van der Waals surface area contributed by atoms with Crippen LogP contribution in [0.2, 0.25) is 10.0 Å². The van der Waals surface area contributed by atoms with E-state index in [1.165, 1.54) is 4.90 Å². The van der Waals surface area contributed by atoms with E-state index in [2.05, 4.69) is 4.90 Å². The Labute approximate surface area is 261 Å². The highest BCUT2D eigenvalue weighted by atomic mass is 35.5. The molecule has 0 bridgehead atoms. The number of halogens is 2. The number of nitrogens with zero attached hydrogens (tertiary/aromatic N) is 4. The Hall–Kier alpha value is -3.63. The fraction of sp³-hybridized carbons (Fsp3) is 0.344. The SMILES string of the molecule is CN(C)C(=O)c1ccc(-c2ccc(C(CN3CCOCC3)N(C)C(=O)CN3C(=O)COc4cc(Cl)c(Cl)cc43)cc2)cc1. The molecule has 1 fully saturated rings. The van der Waals surface area contributed by atoms with E-state index < -0.39 is 0 Å². The summed E-state index contributed by atoms with van der Waals surface area (Å²) in [5.74, 6) is -0.200. The van der Waals surface area contributed by atoms with Crippen LogP contribution in [-0.4, -0.2) is 99.6 Å². The number of hydrogen-bond donors (Lipinski definition) is 0. The zero-order chi connectivity index (χ0) is 30.7. The highest BCUT2D eigenvalue weighted by Crippen LogP contribution is 2.39. The number of carbonyl (C=O) groups excluding carboxylic acids is 3. The molecule has 11 heteroatoms. The largest absolute Gasteiger partial charge is 0.482 e. The Bertz CT molecular complexity index is 1490. The van der Waals surface area contributed by atoms with Gasteiger partial charge >= 0.3 is 0 Å². The predicted molar refractivity (Wildman–Crippen MR) is 167 cm³/mol. The van der Waals surface area contributed by atoms with Crippen LogP contribution in [0.25, 0.3) is 11.1 Å². The van der Waals surface area contributed by atoms with Crippen molar-refractivity contribution in [1.82, 2.24) is 14.7 Å². The monoisotopic (exact) mass is 624 g/mol. The molecule has 226 valence electrons. The highest BCUT2D eigenvalue weighted by Gasteiger charge is 2.32. The minimum absolute atomic E-state index is 0.0466. The molecule has 3 aromatic carbocycles. The second-order valence-corrected chi connectivity index (χ2v) is 11.6. The number of rotatable bonds is 8. The van der Waals surface area contributed by atoms with E-state index in [4.69, 9.17) is 32.7 Å². The second kappa shape index (κ2) is 13.3. The summed E-state index contributed by atoms with van der Waals surface area (Å²) in [4.78, 5) is 45.8. The lowest BCUT2D eigenvalue weighted by Gasteiger charge is -2.37. The summed E-state index contributed by atoms with van der Waals surface area (Å²) < 4.78 is 11.1. The van der Waals surface area contributed by atoms with Crippen LogP contribution in [0, 0.1) is 0 Å². The number of amides is 3. The summed E-state index contributed by atoms with van der Waals surface area (Å²) in [5, 5.41) is 0.582. The van der Waals surface area contributed by atoms with Gasteiger partial charge in [-0.25, -0.2) is 0 Å². The lowest BCUT2D eigenvalue weighted by Crippen LogP contribution is -2.48. The number of carbonyl (C=O) groups is 3. The molecule has 1 atom stereocenters. The normalized spacial score (nSPS) is 15.8. The van der Waals surface area contributed by atoms with Gasteiger partial charge in [0.2, 0.25) is 5.91 Å². The van der Waals surface area contributed by atoms with Crippen molar-refractivity contribution >= 4 is 46.6 Å². The average Bonchev–Trinajstić information content (AvgIpc) is 3.02. The van der Waals surface area contributed by atoms with Crippen molar-refractivity contribution in [3.63, 3.8) is 0 Å². The molecular weight excluding hydrogens is 591 g/mol. The zero-order valence-electron chi connectivity index (χ0n) is 24.4. The third-order valence-corrected chi connectivity index (χ3v) is 8.52. The van der Waals surface area contributed by atoms with Crippen LogP contribution in [0.3, 0.4) is 0 Å². The smallest absolute Gasteiger partial charge is 0.265 e. The van der Waals surface area contributed by atoms with Gasteiger partial charge in [-0.2, -0.15) is 0 Å². The van der Waals surface area contributed by atoms with Crippen LogP contribution in [-0.2, 0) is 14.3 Å². The van der Waals surface area contributed by atoms with Gasteiger partial charge in [-0.05, 0) is 34.9 Å². The van der Waals surface area contributed by atoms with E-state index in [0.717, 1.165) is 29.8 Å². The number of fused-ring (bicyclic) bond motifs is 1. The Kier molecular flexibility index (Phi) is 9.56. The molecule has 2 aliphatic rings. The summed E-state index contributed by atoms with van der Waals surface area (Å²) in [6.45, 7) is 3.06. The van der Waals surface area contributed by atoms with Crippen LogP contribution < -0.4 is 9.64 Å². The molecule has 0 aromatic heterocycles. The van der Waals surface area contributed by atoms with E-state index in [1.54, 1.807) is 43.1 Å². The molecule has 0 radical (unpaired) electrons. The van der Waals surface area contributed by atoms with Gasteiger partial charge in [-0.1, -0.05) is 59.6 Å². The molecule has 43 heavy (non-hydrogen) atoms. The van der Waals surface area contributed by atoms with E-state index >= 15 is 0 Å². The molecule has 0 spiro atoms. The van der Waals surface area contributed by atoms with Gasteiger partial charge in [-0.15, -0.1) is 0 Å². The summed E-state index contributed by atoms with van der Waals surface area (Å²) in [7, 11) is 5.23. The predicted octanol–water partition coefficient (Wildman–Crippen LogP) is 4.62. The molecule has 1 unspecified atom stereocenters. The van der Waals surface area contributed by atoms with Crippen LogP contribution in [0.4, 0.5) is 5.69 Å². The maximum Gasteiger partial charge on any atom is 0.265 e. The van der Waals surface area contributed by atoms with Crippen molar-refractivity contribution in [1.29, 1.82) is 0 Å². The quantitative estimate of drug-likeness (QED) is 0.364. The van der Waals surface area contributed by atoms with Crippen molar-refractivity contribution in [2.75, 3.05) is 72.0 Å². The Morgan fingerprint density at radius 2 is 1.51 bits per heavy atom. The molecule has 3 aromatic rings. The first-order valence-corrected chi connectivity index (χ1v) is 14.8. The van der Waals surface area contributed by atoms with Gasteiger partial charge in [-0.3, -0.25) is 24.2 Å². The van der Waals surface area contributed by atoms with E-state index in [0.29, 0.717) is 41.8 Å². The molecule has 0 saturated carbocycles. The van der Waals surface area contributed by atoms with Gasteiger partial charge < -0.3 is 19.3 Å². The number of anilines is 1. The maximum atomic E-state index is 13.8. The molecule has 9 nitrogen and oxygen atoms in total. The van der Waals surface area contributed by atoms with Crippen molar-refractivity contribution in [3.8, 4) is 16.9 Å². The van der Waals surface area contributed by atoms with E-state index in [9.17, 15) is 14.4 Å². The average molecular weight is 626 g/mol. The van der Waals surface area contributed by atoms with Gasteiger partial charge in [0.25, 0.3) is 11.8 Å². The number of hydrogen-bond acceptors (Lipinski definition) is 6. The van der Waals surface area contributed by atoms with Crippen molar-refractivity contribution < 1.29 is 23.9 Å². The molecule has 1 saturated heterocycles. The first kappa shape index (κ1) is 30.8. The molecular formula is C32H34Cl2N4O5. The molecule has 3 amide bonds. The lowest BCUT2D eigenvalue weighted by atomic mass is 9.98. The second-order valence-electron chi connectivity index (χ2n) is 10.8. The number of morpholine rings is 1. The van der Waals surface area contributed by atoms with E-state index in [1.807, 2.05) is 48.5 Å². The molecule has 5 rings (SSSR count). The molecule has 0 N–H and O–H groups in total. The van der Waals surface area contributed by atoms with Crippen LogP contribution in [0.5, 0.6) is 5.75 Å². The first-order chi connectivity index (χ1) is 20.6. The fourth-order valence-corrected chi connectivity index (χ4v) is 5.54. The van der Waals surface area contributed by atoms with E-state index in [-0.39, 0.29) is 41.9 Å². The lowest BCUT2D eigenvalue weighted by molar-refractivity contribution is -0.133. The molecule has 0 aliphatic carbocycles. The third kappa shape index (κ3) is 6.96. The Balaban J connectivity index is 1.37. The zero-order valence-corrected chi connectivity index (χ0v) is 25.9. The highest BCUT2D eigenvalue weighted by molar-refractivity contribution is 6.42. The standard InChI is InChI=1S/C32H34Cl2N4O5/c1-35(2)32(41)24-10-6-22(7-11-24)21-4-8-23(9-5-21)28(18-37-12-14-42-15-13-37)36(3)30(39)19-38-27-16-25(33)26(34)17-29(27)43-20-31(38)40/h4-11,16-17,28H,12-15,18-20H2,1-3H3. The van der Waals surface area contributed by atoms with Crippen LogP contribution in [0.1, 0.15) is 22.0 Å². The Morgan fingerprint density at radius 1 is 0.907 bits per heavy atom. The summed E-state index contributed by atoms with van der Waals surface area (Å²) in [6.07, 6.45) is 0. The number of ether oxygens (including phenoxy) is 2. The topological polar surface area (TPSA) is 82.6 Å². The van der Waals surface area contributed by atoms with Gasteiger partial charge in [0.1, 0.15) is 12.3 Å². The minimum Gasteiger partial charge on any atom is -0.482 e. The Morgan fingerprint density at radius 3 is 2.14 bits per heavy atom. The third-order valence-electron chi connectivity index (χ3n) is 7.80. The van der Waals surface area contributed by atoms with Crippen LogP contribution in [0.15, 0.2) is 60.7 Å². The summed E-state index contributed by atoms with van der Waals surface area (Å²) in [5.41, 5.74) is 3.99. The van der Waals surface area contributed by atoms with Gasteiger partial charge in [0.05, 0.1) is 35.0 Å². The van der Waals surface area contributed by atoms with Crippen molar-refractivity contribution in [3.05, 3.63) is 81.8 Å². The van der Waals surface area contributed by atoms with Gasteiger partial charge in [0.15, 0.2) is 6.61 Å². The fourth-order valence-electron chi connectivity index (χ4n) is 5.23. The maximum absolute atomic E-state index is 13.8. The number of benzene rings is 3.